The number of carbonyl (C=O) groups excluding carboxylic acids is 1. The summed E-state index contributed by atoms with van der Waals surface area (Å²) >= 11 is 6.09. The molecule has 2 heterocycles. The van der Waals surface area contributed by atoms with Gasteiger partial charge in [-0.2, -0.15) is 0 Å². The van der Waals surface area contributed by atoms with Crippen molar-refractivity contribution in [2.75, 3.05) is 37.4 Å². The predicted octanol–water partition coefficient (Wildman–Crippen LogP) is 4.90. The fourth-order valence-corrected chi connectivity index (χ4v) is 3.82. The molecule has 31 heavy (non-hydrogen) atoms. The van der Waals surface area contributed by atoms with Crippen molar-refractivity contribution in [3.8, 4) is 5.75 Å². The van der Waals surface area contributed by atoms with Crippen molar-refractivity contribution >= 4 is 28.9 Å². The van der Waals surface area contributed by atoms with E-state index in [2.05, 4.69) is 29.2 Å². The largest absolute Gasteiger partial charge is 0.484 e. The van der Waals surface area contributed by atoms with E-state index in [1.54, 1.807) is 24.3 Å². The molecule has 7 heteroatoms. The summed E-state index contributed by atoms with van der Waals surface area (Å²) in [7, 11) is 4.24. The summed E-state index contributed by atoms with van der Waals surface area (Å²) in [6, 6.07) is 19.1. The Morgan fingerprint density at radius 3 is 2.65 bits per heavy atom. The molecular formula is C24H26ClN3O3. The number of likely N-dealkylation sites (N-methyl/N-ethyl adjacent to an activating group) is 1. The van der Waals surface area contributed by atoms with Gasteiger partial charge in [0.25, 0.3) is 5.91 Å². The first kappa shape index (κ1) is 21.3. The Hall–Kier alpha value is -2.96. The lowest BCUT2D eigenvalue weighted by Gasteiger charge is -2.22. The van der Waals surface area contributed by atoms with Crippen LogP contribution < -0.4 is 15.0 Å². The van der Waals surface area contributed by atoms with Gasteiger partial charge in [-0.05, 0) is 69.0 Å². The van der Waals surface area contributed by atoms with Crippen LogP contribution in [0.4, 0.5) is 11.4 Å². The molecule has 6 nitrogen and oxygen atoms in total. The second kappa shape index (κ2) is 9.45. The van der Waals surface area contributed by atoms with Crippen molar-refractivity contribution in [2.24, 2.45) is 0 Å². The van der Waals surface area contributed by atoms with Crippen molar-refractivity contribution in [1.82, 2.24) is 4.90 Å². The molecule has 1 unspecified atom stereocenters. The summed E-state index contributed by atoms with van der Waals surface area (Å²) in [6.07, 6.45) is 1.16. The van der Waals surface area contributed by atoms with Crippen LogP contribution in [-0.2, 0) is 6.61 Å². The zero-order valence-electron chi connectivity index (χ0n) is 17.7. The number of hydrogen-bond acceptors (Lipinski definition) is 5. The lowest BCUT2D eigenvalue weighted by Crippen LogP contribution is -2.31. The molecular weight excluding hydrogens is 414 g/mol. The van der Waals surface area contributed by atoms with Gasteiger partial charge in [-0.3, -0.25) is 4.79 Å². The molecule has 1 aliphatic rings. The Labute approximate surface area is 187 Å². The lowest BCUT2D eigenvalue weighted by atomic mass is 10.2. The normalized spacial score (nSPS) is 16.0. The van der Waals surface area contributed by atoms with Crippen molar-refractivity contribution in [2.45, 2.75) is 19.1 Å². The van der Waals surface area contributed by atoms with Crippen molar-refractivity contribution in [1.29, 1.82) is 0 Å². The van der Waals surface area contributed by atoms with Crippen molar-refractivity contribution in [3.63, 3.8) is 0 Å². The van der Waals surface area contributed by atoms with Crippen LogP contribution in [0.3, 0.4) is 0 Å². The molecule has 0 radical (unpaired) electrons. The zero-order valence-corrected chi connectivity index (χ0v) is 18.4. The van der Waals surface area contributed by atoms with E-state index in [-0.39, 0.29) is 18.3 Å². The molecule has 1 aliphatic heterocycles. The highest BCUT2D eigenvalue weighted by atomic mass is 35.5. The average Bonchev–Trinajstić information content (AvgIpc) is 3.44. The van der Waals surface area contributed by atoms with Gasteiger partial charge in [0, 0.05) is 30.5 Å². The molecule has 1 aromatic heterocycles. The van der Waals surface area contributed by atoms with Crippen LogP contribution in [0.15, 0.2) is 65.1 Å². The fraction of sp³-hybridized carbons (Fsp3) is 0.292. The lowest BCUT2D eigenvalue weighted by molar-refractivity contribution is 0.0992. The first-order valence-corrected chi connectivity index (χ1v) is 10.7. The maximum absolute atomic E-state index is 12.5. The number of nitrogens with zero attached hydrogens (tertiary/aromatic N) is 2. The maximum Gasteiger partial charge on any atom is 0.291 e. The minimum atomic E-state index is -0.300. The van der Waals surface area contributed by atoms with Crippen LogP contribution in [0.2, 0.25) is 5.02 Å². The number of benzene rings is 2. The number of hydrogen-bond donors (Lipinski definition) is 1. The number of ether oxygens (including phenoxy) is 1. The van der Waals surface area contributed by atoms with Crippen LogP contribution in [0.5, 0.6) is 5.75 Å². The highest BCUT2D eigenvalue weighted by Gasteiger charge is 2.24. The summed E-state index contributed by atoms with van der Waals surface area (Å²) in [6.45, 7) is 2.25. The number of rotatable bonds is 7. The summed E-state index contributed by atoms with van der Waals surface area (Å²) < 4.78 is 11.3. The Balaban J connectivity index is 1.32. The van der Waals surface area contributed by atoms with Gasteiger partial charge in [-0.15, -0.1) is 0 Å². The number of halogens is 1. The van der Waals surface area contributed by atoms with E-state index in [1.165, 1.54) is 5.69 Å². The second-order valence-electron chi connectivity index (χ2n) is 7.84. The maximum atomic E-state index is 12.5. The summed E-state index contributed by atoms with van der Waals surface area (Å²) in [5.74, 6) is 1.05. The highest BCUT2D eigenvalue weighted by molar-refractivity contribution is 6.32. The standard InChI is InChI=1S/C24H26ClN3O3/c1-27(2)19-13-14-28(15-19)18-9-7-17(8-10-18)26-24(29)23-12-11-20(31-23)16-30-22-6-4-3-5-21(22)25/h3-12,19H,13-16H2,1-2H3,(H,26,29). The molecule has 2 aromatic carbocycles. The van der Waals surface area contributed by atoms with Gasteiger partial charge in [-0.1, -0.05) is 23.7 Å². The fourth-order valence-electron chi connectivity index (χ4n) is 3.63. The number of amides is 1. The van der Waals surface area contributed by atoms with Crippen LogP contribution in [0, 0.1) is 0 Å². The molecule has 0 saturated carbocycles. The van der Waals surface area contributed by atoms with E-state index in [0.717, 1.165) is 25.2 Å². The first-order chi connectivity index (χ1) is 15.0. The van der Waals surface area contributed by atoms with Gasteiger partial charge in [0.15, 0.2) is 5.76 Å². The van der Waals surface area contributed by atoms with E-state index in [9.17, 15) is 4.79 Å². The van der Waals surface area contributed by atoms with Gasteiger partial charge in [0.2, 0.25) is 0 Å². The zero-order chi connectivity index (χ0) is 21.8. The molecule has 162 valence electrons. The van der Waals surface area contributed by atoms with Crippen molar-refractivity contribution < 1.29 is 13.9 Å². The van der Waals surface area contributed by atoms with E-state index in [1.807, 2.05) is 36.4 Å². The third kappa shape index (κ3) is 5.21. The van der Waals surface area contributed by atoms with Gasteiger partial charge in [0.1, 0.15) is 18.1 Å². The van der Waals surface area contributed by atoms with Gasteiger partial charge < -0.3 is 24.3 Å². The molecule has 1 atom stereocenters. The predicted molar refractivity (Wildman–Crippen MR) is 123 cm³/mol. The topological polar surface area (TPSA) is 58.0 Å². The van der Waals surface area contributed by atoms with E-state index in [0.29, 0.717) is 22.6 Å². The smallest absolute Gasteiger partial charge is 0.291 e. The molecule has 0 aliphatic carbocycles. The van der Waals surface area contributed by atoms with E-state index < -0.39 is 0 Å². The number of para-hydroxylation sites is 1. The highest BCUT2D eigenvalue weighted by Crippen LogP contribution is 2.25. The van der Waals surface area contributed by atoms with Crippen molar-refractivity contribution in [3.05, 3.63) is 77.2 Å². The Morgan fingerprint density at radius 1 is 1.16 bits per heavy atom. The molecule has 1 saturated heterocycles. The Bertz CT molecular complexity index is 1030. The molecule has 1 fully saturated rings. The van der Waals surface area contributed by atoms with E-state index >= 15 is 0 Å². The summed E-state index contributed by atoms with van der Waals surface area (Å²) in [5, 5.41) is 3.41. The average molecular weight is 440 g/mol. The SMILES string of the molecule is CN(C)C1CCN(c2ccc(NC(=O)c3ccc(COc4ccccc4Cl)o3)cc2)C1. The van der Waals surface area contributed by atoms with E-state index in [4.69, 9.17) is 20.8 Å². The number of carbonyl (C=O) groups is 1. The van der Waals surface area contributed by atoms with Crippen LogP contribution in [0.1, 0.15) is 22.7 Å². The van der Waals surface area contributed by atoms with Crippen LogP contribution in [0.25, 0.3) is 0 Å². The first-order valence-electron chi connectivity index (χ1n) is 10.3. The molecule has 0 bridgehead atoms. The van der Waals surface area contributed by atoms with Crippen LogP contribution in [-0.4, -0.2) is 44.0 Å². The summed E-state index contributed by atoms with van der Waals surface area (Å²) in [4.78, 5) is 17.2. The quantitative estimate of drug-likeness (QED) is 0.567. The Morgan fingerprint density at radius 2 is 1.94 bits per heavy atom. The van der Waals surface area contributed by atoms with Gasteiger partial charge >= 0.3 is 0 Å². The van der Waals surface area contributed by atoms with Gasteiger partial charge in [0.05, 0.1) is 5.02 Å². The molecule has 4 rings (SSSR count). The third-order valence-corrected chi connectivity index (χ3v) is 5.79. The molecule has 1 N–H and O–H groups in total. The Kier molecular flexibility index (Phi) is 6.49. The molecule has 1 amide bonds. The number of anilines is 2. The number of furan rings is 1. The second-order valence-corrected chi connectivity index (χ2v) is 8.25. The molecule has 3 aromatic rings. The minimum absolute atomic E-state index is 0.190. The summed E-state index contributed by atoms with van der Waals surface area (Å²) in [5.41, 5.74) is 1.89. The number of nitrogens with one attached hydrogen (secondary N) is 1. The molecule has 0 spiro atoms. The van der Waals surface area contributed by atoms with Gasteiger partial charge in [-0.25, -0.2) is 0 Å². The van der Waals surface area contributed by atoms with Crippen LogP contribution >= 0.6 is 11.6 Å². The minimum Gasteiger partial charge on any atom is -0.484 e. The monoisotopic (exact) mass is 439 g/mol. The third-order valence-electron chi connectivity index (χ3n) is 5.48.